The van der Waals surface area contributed by atoms with E-state index in [1.54, 1.807) is 17.0 Å². The molecule has 6 heteroatoms. The van der Waals surface area contributed by atoms with Crippen molar-refractivity contribution in [1.82, 2.24) is 10.2 Å². The number of nitrogens with zero attached hydrogens (tertiary/aromatic N) is 1. The Morgan fingerprint density at radius 2 is 1.58 bits per heavy atom. The number of carbonyl (C=O) groups is 2. The average Bonchev–Trinajstić information content (AvgIpc) is 2.88. The number of nitrogens with one attached hydrogen (secondary N) is 1. The number of benzene rings is 3. The summed E-state index contributed by atoms with van der Waals surface area (Å²) in [7, 11) is 0. The van der Waals surface area contributed by atoms with E-state index in [0.29, 0.717) is 35.9 Å². The van der Waals surface area contributed by atoms with Gasteiger partial charge in [0.25, 0.3) is 0 Å². The third kappa shape index (κ3) is 8.39. The van der Waals surface area contributed by atoms with Gasteiger partial charge in [0.05, 0.1) is 10.0 Å². The van der Waals surface area contributed by atoms with Gasteiger partial charge in [-0.3, -0.25) is 9.59 Å². The summed E-state index contributed by atoms with van der Waals surface area (Å²) >= 11 is 12.4. The molecule has 4 nitrogen and oxygen atoms in total. The van der Waals surface area contributed by atoms with Crippen molar-refractivity contribution in [1.29, 1.82) is 0 Å². The molecule has 1 N–H and O–H groups in total. The van der Waals surface area contributed by atoms with Gasteiger partial charge in [-0.1, -0.05) is 103 Å². The molecule has 0 spiro atoms. The van der Waals surface area contributed by atoms with Gasteiger partial charge >= 0.3 is 0 Å². The van der Waals surface area contributed by atoms with Crippen molar-refractivity contribution < 1.29 is 9.59 Å². The maximum absolute atomic E-state index is 13.7. The molecule has 3 rings (SSSR count). The van der Waals surface area contributed by atoms with E-state index in [9.17, 15) is 9.59 Å². The molecule has 0 saturated carbocycles. The average molecular weight is 526 g/mol. The first-order chi connectivity index (χ1) is 17.4. The van der Waals surface area contributed by atoms with Crippen molar-refractivity contribution in [3.8, 4) is 0 Å². The minimum atomic E-state index is -0.649. The van der Waals surface area contributed by atoms with Crippen LogP contribution >= 0.6 is 23.2 Å². The van der Waals surface area contributed by atoms with E-state index < -0.39 is 6.04 Å². The second-order valence-electron chi connectivity index (χ2n) is 9.11. The molecule has 190 valence electrons. The van der Waals surface area contributed by atoms with Gasteiger partial charge in [-0.15, -0.1) is 0 Å². The zero-order valence-corrected chi connectivity index (χ0v) is 22.5. The maximum Gasteiger partial charge on any atom is 0.243 e. The molecule has 0 bridgehead atoms. The molecular formula is C30H34Cl2N2O2. The van der Waals surface area contributed by atoms with Gasteiger partial charge in [0.2, 0.25) is 11.8 Å². The zero-order chi connectivity index (χ0) is 25.9. The summed E-state index contributed by atoms with van der Waals surface area (Å²) in [4.78, 5) is 28.8. The number of hydrogen-bond donors (Lipinski definition) is 1. The summed E-state index contributed by atoms with van der Waals surface area (Å²) in [5.74, 6) is -0.218. The molecule has 1 atom stereocenters. The van der Waals surface area contributed by atoms with E-state index in [-0.39, 0.29) is 18.4 Å². The number of rotatable bonds is 12. The van der Waals surface area contributed by atoms with E-state index >= 15 is 0 Å². The number of halogens is 2. The monoisotopic (exact) mass is 524 g/mol. The highest BCUT2D eigenvalue weighted by Crippen LogP contribution is 2.25. The summed E-state index contributed by atoms with van der Waals surface area (Å²) < 4.78 is 0. The van der Waals surface area contributed by atoms with Crippen LogP contribution in [0.25, 0.3) is 0 Å². The van der Waals surface area contributed by atoms with Gasteiger partial charge in [-0.2, -0.15) is 0 Å². The van der Waals surface area contributed by atoms with Crippen LogP contribution < -0.4 is 5.32 Å². The quantitative estimate of drug-likeness (QED) is 0.265. The molecule has 0 unspecified atom stereocenters. The first-order valence-electron chi connectivity index (χ1n) is 12.5. The van der Waals surface area contributed by atoms with Gasteiger partial charge in [0, 0.05) is 25.9 Å². The first kappa shape index (κ1) is 27.8. The molecule has 2 amide bonds. The molecule has 0 radical (unpaired) electrons. The van der Waals surface area contributed by atoms with Crippen LogP contribution in [0.4, 0.5) is 0 Å². The maximum atomic E-state index is 13.7. The lowest BCUT2D eigenvalue weighted by molar-refractivity contribution is -0.141. The van der Waals surface area contributed by atoms with Gasteiger partial charge in [-0.05, 0) is 48.6 Å². The largest absolute Gasteiger partial charge is 0.354 e. The Bertz CT molecular complexity index is 1130. The predicted molar refractivity (Wildman–Crippen MR) is 148 cm³/mol. The number of unbranched alkanes of at least 4 members (excludes halogenated alkanes) is 1. The van der Waals surface area contributed by atoms with E-state index in [1.165, 1.54) is 5.56 Å². The molecule has 3 aromatic carbocycles. The van der Waals surface area contributed by atoms with Gasteiger partial charge in [0.15, 0.2) is 0 Å². The Morgan fingerprint density at radius 3 is 2.25 bits per heavy atom. The number of hydrogen-bond acceptors (Lipinski definition) is 2. The minimum absolute atomic E-state index is 0.0757. The fourth-order valence-electron chi connectivity index (χ4n) is 4.04. The second kappa shape index (κ2) is 14.1. The minimum Gasteiger partial charge on any atom is -0.354 e. The summed E-state index contributed by atoms with van der Waals surface area (Å²) in [6, 6.07) is 22.7. The van der Waals surface area contributed by atoms with Crippen molar-refractivity contribution >= 4 is 35.0 Å². The lowest BCUT2D eigenvalue weighted by Crippen LogP contribution is -2.50. The van der Waals surface area contributed by atoms with Crippen molar-refractivity contribution in [2.75, 3.05) is 6.54 Å². The van der Waals surface area contributed by atoms with Crippen LogP contribution in [0.15, 0.2) is 72.8 Å². The molecule has 0 heterocycles. The smallest absolute Gasteiger partial charge is 0.243 e. The highest BCUT2D eigenvalue weighted by atomic mass is 35.5. The molecule has 0 saturated heterocycles. The third-order valence-corrected chi connectivity index (χ3v) is 6.92. The van der Waals surface area contributed by atoms with Crippen LogP contribution in [-0.4, -0.2) is 29.3 Å². The standard InChI is InChI=1S/C30H34Cl2N2O2/c1-3-4-18-33-30(36)28(20-24-8-6-5-7-9-24)34(21-25-14-16-26(31)27(32)19-25)29(35)17-15-23-12-10-22(2)11-13-23/h5-14,16,19,28H,3-4,15,17-18,20-21H2,1-2H3,(H,33,36)/t28-/m1/s1. The highest BCUT2D eigenvalue weighted by molar-refractivity contribution is 6.42. The molecule has 0 aliphatic carbocycles. The molecule has 0 fully saturated rings. The Morgan fingerprint density at radius 1 is 0.889 bits per heavy atom. The van der Waals surface area contributed by atoms with Crippen LogP contribution in [0.1, 0.15) is 48.4 Å². The van der Waals surface area contributed by atoms with E-state index in [0.717, 1.165) is 29.5 Å². The van der Waals surface area contributed by atoms with Crippen molar-refractivity contribution in [3.63, 3.8) is 0 Å². The van der Waals surface area contributed by atoms with Gasteiger partial charge < -0.3 is 10.2 Å². The van der Waals surface area contributed by atoms with Crippen LogP contribution in [0.2, 0.25) is 10.0 Å². The molecule has 3 aromatic rings. The molecule has 0 aliphatic rings. The van der Waals surface area contributed by atoms with E-state index in [1.807, 2.05) is 67.6 Å². The van der Waals surface area contributed by atoms with E-state index in [2.05, 4.69) is 12.2 Å². The molecule has 0 aromatic heterocycles. The molecule has 36 heavy (non-hydrogen) atoms. The predicted octanol–water partition coefficient (Wildman–Crippen LogP) is 6.79. The Balaban J connectivity index is 1.89. The van der Waals surface area contributed by atoms with Crippen molar-refractivity contribution in [3.05, 3.63) is 105 Å². The molecular weight excluding hydrogens is 491 g/mol. The summed E-state index contributed by atoms with van der Waals surface area (Å²) in [6.07, 6.45) is 3.20. The Kier molecular flexibility index (Phi) is 10.8. The second-order valence-corrected chi connectivity index (χ2v) is 9.92. The number of aryl methyl sites for hydroxylation is 2. The normalized spacial score (nSPS) is 11.7. The fourth-order valence-corrected chi connectivity index (χ4v) is 4.37. The SMILES string of the molecule is CCCCNC(=O)[C@@H](Cc1ccccc1)N(Cc1ccc(Cl)c(Cl)c1)C(=O)CCc1ccc(C)cc1. The molecule has 0 aliphatic heterocycles. The van der Waals surface area contributed by atoms with Crippen LogP contribution in [0, 0.1) is 6.92 Å². The van der Waals surface area contributed by atoms with Crippen molar-refractivity contribution in [2.24, 2.45) is 0 Å². The van der Waals surface area contributed by atoms with E-state index in [4.69, 9.17) is 23.2 Å². The van der Waals surface area contributed by atoms with Crippen molar-refractivity contribution in [2.45, 2.75) is 58.5 Å². The van der Waals surface area contributed by atoms with Gasteiger partial charge in [0.1, 0.15) is 6.04 Å². The van der Waals surface area contributed by atoms with Crippen LogP contribution in [0.5, 0.6) is 0 Å². The lowest BCUT2D eigenvalue weighted by atomic mass is 10.0. The van der Waals surface area contributed by atoms with Crippen LogP contribution in [0.3, 0.4) is 0 Å². The fraction of sp³-hybridized carbons (Fsp3) is 0.333. The zero-order valence-electron chi connectivity index (χ0n) is 21.0. The topological polar surface area (TPSA) is 49.4 Å². The number of carbonyl (C=O) groups excluding carboxylic acids is 2. The Labute approximate surface area is 224 Å². The van der Waals surface area contributed by atoms with Crippen LogP contribution in [-0.2, 0) is 29.0 Å². The number of amides is 2. The summed E-state index contributed by atoms with van der Waals surface area (Å²) in [5.41, 5.74) is 4.10. The first-order valence-corrected chi connectivity index (χ1v) is 13.2. The summed E-state index contributed by atoms with van der Waals surface area (Å²) in [5, 5.41) is 3.92. The summed E-state index contributed by atoms with van der Waals surface area (Å²) in [6.45, 7) is 4.97. The highest BCUT2D eigenvalue weighted by Gasteiger charge is 2.30. The van der Waals surface area contributed by atoms with Gasteiger partial charge in [-0.25, -0.2) is 0 Å². The Hall–Kier alpha value is -2.82. The lowest BCUT2D eigenvalue weighted by Gasteiger charge is -2.32. The third-order valence-electron chi connectivity index (χ3n) is 6.19.